The molecule has 4 rings (SSSR count). The van der Waals surface area contributed by atoms with Gasteiger partial charge in [-0.3, -0.25) is 19.3 Å². The minimum Gasteiger partial charge on any atom is -0.337 e. The smallest absolute Gasteiger partial charge is 0.226 e. The number of nitrogens with one attached hydrogen (secondary N) is 1. The van der Waals surface area contributed by atoms with Crippen molar-refractivity contribution < 1.29 is 18.8 Å². The van der Waals surface area contributed by atoms with E-state index in [9.17, 15) is 18.8 Å². The highest BCUT2D eigenvalue weighted by atomic mass is 19.1. The molecule has 2 amide bonds. The van der Waals surface area contributed by atoms with E-state index in [2.05, 4.69) is 17.1 Å². The van der Waals surface area contributed by atoms with Gasteiger partial charge in [0.1, 0.15) is 11.6 Å². The van der Waals surface area contributed by atoms with Gasteiger partial charge in [0.25, 0.3) is 0 Å². The van der Waals surface area contributed by atoms with Gasteiger partial charge in [-0.1, -0.05) is 12.8 Å². The van der Waals surface area contributed by atoms with Crippen LogP contribution in [0.15, 0.2) is 12.1 Å². The predicted octanol–water partition coefficient (Wildman–Crippen LogP) is 4.05. The number of rotatable bonds is 6. The van der Waals surface area contributed by atoms with Gasteiger partial charge in [0.05, 0.1) is 0 Å². The fourth-order valence-electron chi connectivity index (χ4n) is 5.71. The molecule has 3 fully saturated rings. The number of piperazine rings is 1. The van der Waals surface area contributed by atoms with E-state index >= 15 is 0 Å². The summed E-state index contributed by atoms with van der Waals surface area (Å²) in [4.78, 5) is 41.5. The van der Waals surface area contributed by atoms with Gasteiger partial charge in [-0.15, -0.1) is 0 Å². The Morgan fingerprint density at radius 1 is 1.12 bits per heavy atom. The van der Waals surface area contributed by atoms with E-state index in [0.717, 1.165) is 62.7 Å². The van der Waals surface area contributed by atoms with Crippen molar-refractivity contribution in [3.63, 3.8) is 0 Å². The third kappa shape index (κ3) is 5.62. The first kappa shape index (κ1) is 23.9. The van der Waals surface area contributed by atoms with Gasteiger partial charge in [-0.25, -0.2) is 4.39 Å². The van der Waals surface area contributed by atoms with Crippen LogP contribution in [0, 0.1) is 24.6 Å². The van der Waals surface area contributed by atoms with E-state index in [1.807, 2.05) is 11.8 Å². The minimum absolute atomic E-state index is 0.129. The van der Waals surface area contributed by atoms with Crippen molar-refractivity contribution in [1.29, 1.82) is 0 Å². The van der Waals surface area contributed by atoms with Gasteiger partial charge in [0, 0.05) is 62.6 Å². The molecule has 7 heteroatoms. The lowest BCUT2D eigenvalue weighted by Crippen LogP contribution is -2.54. The van der Waals surface area contributed by atoms with Crippen LogP contribution in [0.3, 0.4) is 0 Å². The topological polar surface area (TPSA) is 69.7 Å². The van der Waals surface area contributed by atoms with Crippen LogP contribution >= 0.6 is 0 Å². The number of carbonyl (C=O) groups is 3. The first-order valence-electron chi connectivity index (χ1n) is 12.5. The van der Waals surface area contributed by atoms with Crippen molar-refractivity contribution in [2.45, 2.75) is 77.8 Å². The lowest BCUT2D eigenvalue weighted by molar-refractivity contribution is -0.140. The van der Waals surface area contributed by atoms with Crippen LogP contribution in [-0.2, 0) is 20.9 Å². The Labute approximate surface area is 195 Å². The van der Waals surface area contributed by atoms with E-state index in [0.29, 0.717) is 31.1 Å². The molecule has 0 radical (unpaired) electrons. The lowest BCUT2D eigenvalue weighted by Gasteiger charge is -2.41. The van der Waals surface area contributed by atoms with Crippen molar-refractivity contribution in [3.05, 3.63) is 29.1 Å². The predicted molar refractivity (Wildman–Crippen MR) is 125 cm³/mol. The third-order valence-corrected chi connectivity index (χ3v) is 7.71. The summed E-state index contributed by atoms with van der Waals surface area (Å²) in [7, 11) is 0. The Hall–Kier alpha value is -2.28. The molecule has 1 aromatic rings. The molecular formula is C26H36FN3O3. The third-order valence-electron chi connectivity index (χ3n) is 7.71. The summed E-state index contributed by atoms with van der Waals surface area (Å²) in [5.74, 6) is -0.180. The van der Waals surface area contributed by atoms with Gasteiger partial charge in [-0.05, 0) is 62.8 Å². The van der Waals surface area contributed by atoms with Crippen molar-refractivity contribution >= 4 is 23.3 Å². The standard InChI is InChI=1S/C26H36FN3O3/c1-17-15-29(10-11-30(17)26(33)19-6-3-4-7-19)16-21-12-22(27)14-23(18(21)2)28-25(32)13-20-8-5-9-24(20)31/h12,14,17,19-20H,3-11,13,15-16H2,1-2H3,(H,28,32)/t17-,20?/m0/s1. The number of hydrogen-bond acceptors (Lipinski definition) is 4. The molecule has 180 valence electrons. The number of ketones is 1. The highest BCUT2D eigenvalue weighted by molar-refractivity contribution is 5.95. The van der Waals surface area contributed by atoms with Crippen LogP contribution in [0.2, 0.25) is 0 Å². The largest absolute Gasteiger partial charge is 0.337 e. The first-order chi connectivity index (χ1) is 15.8. The monoisotopic (exact) mass is 457 g/mol. The molecule has 33 heavy (non-hydrogen) atoms. The Morgan fingerprint density at radius 2 is 1.88 bits per heavy atom. The highest BCUT2D eigenvalue weighted by Crippen LogP contribution is 2.29. The molecule has 0 bridgehead atoms. The molecule has 2 saturated carbocycles. The number of nitrogens with zero attached hydrogens (tertiary/aromatic N) is 2. The van der Waals surface area contributed by atoms with Crippen LogP contribution in [0.4, 0.5) is 10.1 Å². The molecule has 0 spiro atoms. The molecule has 1 aromatic carbocycles. The molecule has 1 saturated heterocycles. The Morgan fingerprint density at radius 3 is 2.55 bits per heavy atom. The second-order valence-electron chi connectivity index (χ2n) is 10.1. The highest BCUT2D eigenvalue weighted by Gasteiger charge is 2.33. The van der Waals surface area contributed by atoms with Gasteiger partial charge >= 0.3 is 0 Å². The average molecular weight is 458 g/mol. The minimum atomic E-state index is -0.383. The Balaban J connectivity index is 1.37. The molecule has 1 heterocycles. The van der Waals surface area contributed by atoms with Crippen LogP contribution in [0.25, 0.3) is 0 Å². The van der Waals surface area contributed by atoms with Crippen molar-refractivity contribution in [3.8, 4) is 0 Å². The van der Waals surface area contributed by atoms with Crippen LogP contribution < -0.4 is 5.32 Å². The molecule has 1 N–H and O–H groups in total. The fourth-order valence-corrected chi connectivity index (χ4v) is 5.71. The van der Waals surface area contributed by atoms with Gasteiger partial charge in [-0.2, -0.15) is 0 Å². The Kier molecular flexibility index (Phi) is 7.47. The number of amides is 2. The number of benzene rings is 1. The molecule has 1 aliphatic heterocycles. The number of halogens is 1. The maximum absolute atomic E-state index is 14.4. The maximum atomic E-state index is 14.4. The zero-order valence-corrected chi connectivity index (χ0v) is 19.9. The SMILES string of the molecule is Cc1c(CN2CCN(C(=O)C3CCCC3)[C@@H](C)C2)cc(F)cc1NC(=O)CC1CCCC1=O. The normalized spacial score (nSPS) is 24.5. The van der Waals surface area contributed by atoms with E-state index in [-0.39, 0.29) is 41.8 Å². The summed E-state index contributed by atoms with van der Waals surface area (Å²) in [5, 5.41) is 2.84. The summed E-state index contributed by atoms with van der Waals surface area (Å²) in [6.07, 6.45) is 6.65. The number of anilines is 1. The zero-order valence-electron chi connectivity index (χ0n) is 19.9. The van der Waals surface area contributed by atoms with Crippen LogP contribution in [0.1, 0.15) is 69.4 Å². The number of hydrogen-bond donors (Lipinski definition) is 1. The number of carbonyl (C=O) groups excluding carboxylic acids is 3. The molecule has 1 unspecified atom stereocenters. The van der Waals surface area contributed by atoms with E-state index in [1.165, 1.54) is 12.1 Å². The van der Waals surface area contributed by atoms with Crippen LogP contribution in [0.5, 0.6) is 0 Å². The fraction of sp³-hybridized carbons (Fsp3) is 0.654. The second-order valence-corrected chi connectivity index (χ2v) is 10.1. The first-order valence-corrected chi connectivity index (χ1v) is 12.5. The van der Waals surface area contributed by atoms with Gasteiger partial charge in [0.15, 0.2) is 0 Å². The molecule has 2 aliphatic carbocycles. The van der Waals surface area contributed by atoms with E-state index < -0.39 is 0 Å². The second kappa shape index (κ2) is 10.3. The van der Waals surface area contributed by atoms with Gasteiger partial charge < -0.3 is 10.2 Å². The van der Waals surface area contributed by atoms with E-state index in [1.54, 1.807) is 0 Å². The zero-order chi connectivity index (χ0) is 23.5. The average Bonchev–Trinajstić information content (AvgIpc) is 3.43. The molecule has 3 aliphatic rings. The van der Waals surface area contributed by atoms with Crippen molar-refractivity contribution in [2.75, 3.05) is 25.0 Å². The summed E-state index contributed by atoms with van der Waals surface area (Å²) < 4.78 is 14.4. The Bertz CT molecular complexity index is 912. The maximum Gasteiger partial charge on any atom is 0.226 e. The lowest BCUT2D eigenvalue weighted by atomic mass is 10.0. The van der Waals surface area contributed by atoms with Gasteiger partial charge in [0.2, 0.25) is 11.8 Å². The van der Waals surface area contributed by atoms with Crippen molar-refractivity contribution in [1.82, 2.24) is 9.80 Å². The quantitative estimate of drug-likeness (QED) is 0.700. The summed E-state index contributed by atoms with van der Waals surface area (Å²) in [6, 6.07) is 3.02. The van der Waals surface area contributed by atoms with E-state index in [4.69, 9.17) is 0 Å². The number of Topliss-reactive ketones (excluding diaryl/α,β-unsaturated/α-hetero) is 1. The molecule has 2 atom stereocenters. The molecular weight excluding hydrogens is 421 g/mol. The molecule has 0 aromatic heterocycles. The van der Waals surface area contributed by atoms with Crippen LogP contribution in [-0.4, -0.2) is 53.1 Å². The summed E-state index contributed by atoms with van der Waals surface area (Å²) in [5.41, 5.74) is 2.16. The van der Waals surface area contributed by atoms with Crippen molar-refractivity contribution in [2.24, 2.45) is 11.8 Å². The summed E-state index contributed by atoms with van der Waals surface area (Å²) >= 11 is 0. The summed E-state index contributed by atoms with van der Waals surface area (Å²) in [6.45, 7) is 6.76. The molecule has 6 nitrogen and oxygen atoms in total.